The van der Waals surface area contributed by atoms with Crippen LogP contribution in [-0.2, 0) is 0 Å². The minimum atomic E-state index is -0.302. The molecule has 6 heteroatoms. The van der Waals surface area contributed by atoms with Crippen molar-refractivity contribution in [2.75, 3.05) is 49.2 Å². The third-order valence-corrected chi connectivity index (χ3v) is 3.84. The van der Waals surface area contributed by atoms with Crippen LogP contribution in [0.25, 0.3) is 0 Å². The molecule has 2 heterocycles. The van der Waals surface area contributed by atoms with E-state index in [1.54, 1.807) is 12.1 Å². The molecule has 0 atom stereocenters. The molecular weight excluding hydrogens is 280 g/mol. The lowest BCUT2D eigenvalue weighted by molar-refractivity contribution is 0.0997. The summed E-state index contributed by atoms with van der Waals surface area (Å²) in [5.74, 6) is 0.139. The monoisotopic (exact) mass is 300 g/mol. The van der Waals surface area contributed by atoms with Gasteiger partial charge in [-0.3, -0.25) is 4.79 Å². The minimum Gasteiger partial charge on any atom is -0.436 e. The quantitative estimate of drug-likeness (QED) is 0.905. The SMILES string of the molecule is CN1CCN(c2ccc(NC(=O)c3ccc(N)o3)cc2)CC1. The second kappa shape index (κ2) is 6.11. The Bertz CT molecular complexity index is 642. The maximum atomic E-state index is 12.0. The van der Waals surface area contributed by atoms with Crippen molar-refractivity contribution in [2.45, 2.75) is 0 Å². The lowest BCUT2D eigenvalue weighted by atomic mass is 10.2. The number of carbonyl (C=O) groups excluding carboxylic acids is 1. The maximum absolute atomic E-state index is 12.0. The summed E-state index contributed by atoms with van der Waals surface area (Å²) in [5, 5.41) is 2.79. The summed E-state index contributed by atoms with van der Waals surface area (Å²) in [6.45, 7) is 4.18. The fraction of sp³-hybridized carbons (Fsp3) is 0.312. The Morgan fingerprint density at radius 2 is 1.77 bits per heavy atom. The summed E-state index contributed by atoms with van der Waals surface area (Å²) in [7, 11) is 2.14. The molecule has 0 spiro atoms. The third kappa shape index (κ3) is 3.23. The molecule has 1 amide bonds. The van der Waals surface area contributed by atoms with Gasteiger partial charge in [-0.25, -0.2) is 0 Å². The fourth-order valence-corrected chi connectivity index (χ4v) is 2.49. The molecule has 2 aromatic rings. The van der Waals surface area contributed by atoms with Crippen LogP contribution in [0, 0.1) is 0 Å². The van der Waals surface area contributed by atoms with Gasteiger partial charge >= 0.3 is 0 Å². The molecule has 0 saturated carbocycles. The summed E-state index contributed by atoms with van der Waals surface area (Å²) >= 11 is 0. The smallest absolute Gasteiger partial charge is 0.291 e. The molecule has 1 fully saturated rings. The average Bonchev–Trinajstić information content (AvgIpc) is 2.96. The van der Waals surface area contributed by atoms with Crippen molar-refractivity contribution in [3.05, 3.63) is 42.2 Å². The first-order valence-electron chi connectivity index (χ1n) is 7.32. The van der Waals surface area contributed by atoms with Crippen LogP contribution in [0.5, 0.6) is 0 Å². The van der Waals surface area contributed by atoms with Gasteiger partial charge in [-0.2, -0.15) is 0 Å². The lowest BCUT2D eigenvalue weighted by Gasteiger charge is -2.34. The first-order valence-corrected chi connectivity index (χ1v) is 7.32. The number of piperazine rings is 1. The highest BCUT2D eigenvalue weighted by atomic mass is 16.4. The van der Waals surface area contributed by atoms with Crippen LogP contribution in [0.3, 0.4) is 0 Å². The van der Waals surface area contributed by atoms with E-state index in [-0.39, 0.29) is 17.6 Å². The molecule has 3 rings (SSSR count). The maximum Gasteiger partial charge on any atom is 0.291 e. The van der Waals surface area contributed by atoms with Crippen molar-refractivity contribution in [2.24, 2.45) is 0 Å². The van der Waals surface area contributed by atoms with E-state index in [0.29, 0.717) is 0 Å². The van der Waals surface area contributed by atoms with Gasteiger partial charge in [0.15, 0.2) is 11.6 Å². The number of nitrogens with zero attached hydrogens (tertiary/aromatic N) is 2. The number of hydrogen-bond acceptors (Lipinski definition) is 5. The lowest BCUT2D eigenvalue weighted by Crippen LogP contribution is -2.44. The largest absolute Gasteiger partial charge is 0.436 e. The summed E-state index contributed by atoms with van der Waals surface area (Å²) in [4.78, 5) is 16.6. The summed E-state index contributed by atoms with van der Waals surface area (Å²) < 4.78 is 5.10. The molecule has 0 bridgehead atoms. The Morgan fingerprint density at radius 1 is 1.09 bits per heavy atom. The van der Waals surface area contributed by atoms with Crippen molar-refractivity contribution < 1.29 is 9.21 Å². The number of benzene rings is 1. The number of carbonyl (C=O) groups is 1. The number of amides is 1. The molecule has 3 N–H and O–H groups in total. The van der Waals surface area contributed by atoms with Crippen molar-refractivity contribution in [1.82, 2.24) is 4.90 Å². The summed E-state index contributed by atoms with van der Waals surface area (Å²) in [5.41, 5.74) is 7.37. The second-order valence-electron chi connectivity index (χ2n) is 5.49. The zero-order valence-electron chi connectivity index (χ0n) is 12.6. The van der Waals surface area contributed by atoms with Crippen molar-refractivity contribution >= 4 is 23.2 Å². The highest BCUT2D eigenvalue weighted by molar-refractivity contribution is 6.02. The molecule has 1 saturated heterocycles. The highest BCUT2D eigenvalue weighted by Gasteiger charge is 2.14. The van der Waals surface area contributed by atoms with Crippen LogP contribution in [0.1, 0.15) is 10.6 Å². The van der Waals surface area contributed by atoms with Crippen LogP contribution < -0.4 is 16.0 Å². The number of likely N-dealkylation sites (N-methyl/N-ethyl adjacent to an activating group) is 1. The van der Waals surface area contributed by atoms with Crippen LogP contribution in [-0.4, -0.2) is 44.0 Å². The van der Waals surface area contributed by atoms with Crippen LogP contribution in [0.4, 0.5) is 17.3 Å². The number of nitrogens with one attached hydrogen (secondary N) is 1. The van der Waals surface area contributed by atoms with Gasteiger partial charge in [0.25, 0.3) is 5.91 Å². The predicted molar refractivity (Wildman–Crippen MR) is 87.2 cm³/mol. The van der Waals surface area contributed by atoms with Gasteiger partial charge in [-0.1, -0.05) is 0 Å². The zero-order chi connectivity index (χ0) is 15.5. The van der Waals surface area contributed by atoms with Gasteiger partial charge < -0.3 is 25.3 Å². The molecular formula is C16H20N4O2. The number of rotatable bonds is 3. The number of hydrogen-bond donors (Lipinski definition) is 2. The number of furan rings is 1. The van der Waals surface area contributed by atoms with Crippen molar-refractivity contribution in [1.29, 1.82) is 0 Å². The van der Waals surface area contributed by atoms with E-state index >= 15 is 0 Å². The fourth-order valence-electron chi connectivity index (χ4n) is 2.49. The van der Waals surface area contributed by atoms with E-state index in [1.165, 1.54) is 5.69 Å². The topological polar surface area (TPSA) is 74.7 Å². The van der Waals surface area contributed by atoms with Gasteiger partial charge in [-0.05, 0) is 37.4 Å². The van der Waals surface area contributed by atoms with Crippen LogP contribution in [0.15, 0.2) is 40.8 Å². The predicted octanol–water partition coefficient (Wildman–Crippen LogP) is 1.87. The number of nitrogens with two attached hydrogens (primary N) is 1. The average molecular weight is 300 g/mol. The van der Waals surface area contributed by atoms with Gasteiger partial charge in [0, 0.05) is 43.6 Å². The second-order valence-corrected chi connectivity index (χ2v) is 5.49. The Labute approximate surface area is 129 Å². The number of anilines is 3. The van der Waals surface area contributed by atoms with E-state index in [4.69, 9.17) is 10.2 Å². The minimum absolute atomic E-state index is 0.209. The molecule has 116 valence electrons. The van der Waals surface area contributed by atoms with Crippen LogP contribution >= 0.6 is 0 Å². The normalized spacial score (nSPS) is 15.8. The van der Waals surface area contributed by atoms with E-state index < -0.39 is 0 Å². The Hall–Kier alpha value is -2.47. The van der Waals surface area contributed by atoms with Crippen molar-refractivity contribution in [3.63, 3.8) is 0 Å². The molecule has 1 aliphatic rings. The Kier molecular flexibility index (Phi) is 4.02. The van der Waals surface area contributed by atoms with E-state index in [9.17, 15) is 4.79 Å². The third-order valence-electron chi connectivity index (χ3n) is 3.84. The van der Waals surface area contributed by atoms with Gasteiger partial charge in [0.2, 0.25) is 0 Å². The zero-order valence-corrected chi connectivity index (χ0v) is 12.6. The molecule has 1 aliphatic heterocycles. The van der Waals surface area contributed by atoms with Gasteiger partial charge in [0.1, 0.15) is 0 Å². The molecule has 6 nitrogen and oxygen atoms in total. The Morgan fingerprint density at radius 3 is 2.36 bits per heavy atom. The van der Waals surface area contributed by atoms with E-state index in [0.717, 1.165) is 31.9 Å². The van der Waals surface area contributed by atoms with E-state index in [1.807, 2.05) is 24.3 Å². The highest BCUT2D eigenvalue weighted by Crippen LogP contribution is 2.20. The molecule has 0 radical (unpaired) electrons. The first kappa shape index (κ1) is 14.5. The van der Waals surface area contributed by atoms with Gasteiger partial charge in [0.05, 0.1) is 0 Å². The Balaban J connectivity index is 1.63. The van der Waals surface area contributed by atoms with Crippen molar-refractivity contribution in [3.8, 4) is 0 Å². The number of nitrogen functional groups attached to an aromatic ring is 1. The standard InChI is InChI=1S/C16H20N4O2/c1-19-8-10-20(11-9-19)13-4-2-12(3-5-13)18-16(21)14-6-7-15(17)22-14/h2-7H,8-11,17H2,1H3,(H,18,21). The van der Waals surface area contributed by atoms with Gasteiger partial charge in [-0.15, -0.1) is 0 Å². The molecule has 1 aromatic carbocycles. The molecule has 1 aromatic heterocycles. The molecule has 0 unspecified atom stereocenters. The molecule has 0 aliphatic carbocycles. The van der Waals surface area contributed by atoms with Crippen LogP contribution in [0.2, 0.25) is 0 Å². The van der Waals surface area contributed by atoms with E-state index in [2.05, 4.69) is 22.2 Å². The summed E-state index contributed by atoms with van der Waals surface area (Å²) in [6.07, 6.45) is 0. The first-order chi connectivity index (χ1) is 10.6. The summed E-state index contributed by atoms with van der Waals surface area (Å²) in [6, 6.07) is 11.0. The molecule has 22 heavy (non-hydrogen) atoms.